The van der Waals surface area contributed by atoms with Crippen LogP contribution >= 0.6 is 0 Å². The topological polar surface area (TPSA) is 58.4 Å². The zero-order chi connectivity index (χ0) is 14.2. The summed E-state index contributed by atoms with van der Waals surface area (Å²) >= 11 is 0. The number of nitrogens with one attached hydrogen (secondary N) is 1. The smallest absolute Gasteiger partial charge is 0.234 e. The molecule has 0 bridgehead atoms. The molecule has 1 unspecified atom stereocenters. The lowest BCUT2D eigenvalue weighted by molar-refractivity contribution is -0.124. The van der Waals surface area contributed by atoms with E-state index in [1.165, 1.54) is 0 Å². The summed E-state index contributed by atoms with van der Waals surface area (Å²) in [5.74, 6) is 0.103. The highest BCUT2D eigenvalue weighted by atomic mass is 16.2. The Morgan fingerprint density at radius 2 is 1.83 bits per heavy atom. The number of nitrogens with two attached hydrogens (primary N) is 1. The van der Waals surface area contributed by atoms with E-state index in [0.29, 0.717) is 13.1 Å². The van der Waals surface area contributed by atoms with Gasteiger partial charge in [-0.05, 0) is 32.7 Å². The van der Waals surface area contributed by atoms with Gasteiger partial charge in [-0.1, -0.05) is 27.7 Å². The second kappa shape index (κ2) is 8.48. The molecule has 0 saturated heterocycles. The normalized spacial score (nSPS) is 13.7. The van der Waals surface area contributed by atoms with Gasteiger partial charge in [-0.3, -0.25) is 9.69 Å². The molecule has 0 saturated carbocycles. The fourth-order valence-electron chi connectivity index (χ4n) is 2.33. The Hall–Kier alpha value is -0.610. The molecule has 0 aromatic heterocycles. The standard InChI is InChI=1S/C14H31N3O/c1-6-12(5)16-13(18)10-17(9-4)14(7-2,8-3)11-15/h12H,6-11,15H2,1-5H3,(H,16,18). The highest BCUT2D eigenvalue weighted by Gasteiger charge is 2.32. The third-order valence-corrected chi connectivity index (χ3v) is 4.10. The molecule has 0 spiro atoms. The maximum Gasteiger partial charge on any atom is 0.234 e. The van der Waals surface area contributed by atoms with Crippen molar-refractivity contribution in [2.45, 2.75) is 65.5 Å². The van der Waals surface area contributed by atoms with E-state index in [1.807, 2.05) is 6.92 Å². The molecule has 4 heteroatoms. The van der Waals surface area contributed by atoms with Gasteiger partial charge >= 0.3 is 0 Å². The van der Waals surface area contributed by atoms with Crippen molar-refractivity contribution in [3.63, 3.8) is 0 Å². The third kappa shape index (κ3) is 4.58. The molecule has 0 aromatic rings. The fourth-order valence-corrected chi connectivity index (χ4v) is 2.33. The molecule has 0 rings (SSSR count). The van der Waals surface area contributed by atoms with E-state index in [1.54, 1.807) is 0 Å². The molecule has 1 atom stereocenters. The number of hydrogen-bond donors (Lipinski definition) is 2. The van der Waals surface area contributed by atoms with Crippen LogP contribution < -0.4 is 11.1 Å². The van der Waals surface area contributed by atoms with Gasteiger partial charge in [-0.15, -0.1) is 0 Å². The summed E-state index contributed by atoms with van der Waals surface area (Å²) < 4.78 is 0. The van der Waals surface area contributed by atoms with E-state index < -0.39 is 0 Å². The average Bonchev–Trinajstić information content (AvgIpc) is 2.39. The molecule has 0 aliphatic heterocycles. The van der Waals surface area contributed by atoms with Crippen LogP contribution in [0.25, 0.3) is 0 Å². The van der Waals surface area contributed by atoms with E-state index in [9.17, 15) is 4.79 Å². The van der Waals surface area contributed by atoms with Gasteiger partial charge in [0.1, 0.15) is 0 Å². The first kappa shape index (κ1) is 17.4. The van der Waals surface area contributed by atoms with E-state index in [-0.39, 0.29) is 17.5 Å². The molecule has 0 fully saturated rings. The molecule has 0 aliphatic carbocycles. The number of nitrogens with zero attached hydrogens (tertiary/aromatic N) is 1. The van der Waals surface area contributed by atoms with E-state index in [0.717, 1.165) is 25.8 Å². The molecule has 3 N–H and O–H groups in total. The third-order valence-electron chi connectivity index (χ3n) is 4.10. The number of carbonyl (C=O) groups excluding carboxylic acids is 1. The van der Waals surface area contributed by atoms with Crippen LogP contribution in [0.3, 0.4) is 0 Å². The van der Waals surface area contributed by atoms with Crippen LogP contribution in [0.2, 0.25) is 0 Å². The van der Waals surface area contributed by atoms with Crippen molar-refractivity contribution in [2.75, 3.05) is 19.6 Å². The number of amides is 1. The maximum absolute atomic E-state index is 12.0. The van der Waals surface area contributed by atoms with Crippen molar-refractivity contribution < 1.29 is 4.79 Å². The molecule has 4 nitrogen and oxygen atoms in total. The lowest BCUT2D eigenvalue weighted by Crippen LogP contribution is -2.56. The summed E-state index contributed by atoms with van der Waals surface area (Å²) in [6, 6.07) is 0.242. The van der Waals surface area contributed by atoms with Gasteiger partial charge in [0.25, 0.3) is 0 Å². The molecular weight excluding hydrogens is 226 g/mol. The van der Waals surface area contributed by atoms with Crippen molar-refractivity contribution >= 4 is 5.91 Å². The highest BCUT2D eigenvalue weighted by molar-refractivity contribution is 5.78. The summed E-state index contributed by atoms with van der Waals surface area (Å²) in [4.78, 5) is 14.2. The quantitative estimate of drug-likeness (QED) is 0.661. The van der Waals surface area contributed by atoms with Gasteiger partial charge in [-0.2, -0.15) is 0 Å². The number of hydrogen-bond acceptors (Lipinski definition) is 3. The van der Waals surface area contributed by atoms with Crippen LogP contribution in [0.4, 0.5) is 0 Å². The summed E-state index contributed by atoms with van der Waals surface area (Å²) in [5.41, 5.74) is 5.89. The first-order chi connectivity index (χ1) is 8.49. The molecule has 1 amide bonds. The summed E-state index contributed by atoms with van der Waals surface area (Å²) in [6.45, 7) is 12.4. The van der Waals surface area contributed by atoms with Crippen LogP contribution in [0.15, 0.2) is 0 Å². The van der Waals surface area contributed by atoms with E-state index in [2.05, 4.69) is 37.9 Å². The molecule has 0 aromatic carbocycles. The Bertz CT molecular complexity index is 231. The Kier molecular flexibility index (Phi) is 8.20. The van der Waals surface area contributed by atoms with E-state index in [4.69, 9.17) is 5.73 Å². The van der Waals surface area contributed by atoms with Gasteiger partial charge in [-0.25, -0.2) is 0 Å². The van der Waals surface area contributed by atoms with Crippen molar-refractivity contribution in [3.8, 4) is 0 Å². The Labute approximate surface area is 112 Å². The molecule has 0 heterocycles. The average molecular weight is 257 g/mol. The summed E-state index contributed by atoms with van der Waals surface area (Å²) in [7, 11) is 0. The Balaban J connectivity index is 4.63. The first-order valence-electron chi connectivity index (χ1n) is 7.24. The van der Waals surface area contributed by atoms with Crippen molar-refractivity contribution in [2.24, 2.45) is 5.73 Å². The van der Waals surface area contributed by atoms with Crippen LogP contribution in [0, 0.1) is 0 Å². The minimum absolute atomic E-state index is 0.0401. The number of likely N-dealkylation sites (N-methyl/N-ethyl adjacent to an activating group) is 1. The van der Waals surface area contributed by atoms with Crippen LogP contribution in [0.5, 0.6) is 0 Å². The van der Waals surface area contributed by atoms with Crippen LogP contribution in [-0.2, 0) is 4.79 Å². The van der Waals surface area contributed by atoms with Gasteiger partial charge in [0.05, 0.1) is 6.54 Å². The molecular formula is C14H31N3O. The lowest BCUT2D eigenvalue weighted by Gasteiger charge is -2.41. The molecule has 0 radical (unpaired) electrons. The largest absolute Gasteiger partial charge is 0.353 e. The zero-order valence-corrected chi connectivity index (χ0v) is 12.8. The Morgan fingerprint density at radius 3 is 2.17 bits per heavy atom. The van der Waals surface area contributed by atoms with Gasteiger partial charge in [0.15, 0.2) is 0 Å². The fraction of sp³-hybridized carbons (Fsp3) is 0.929. The highest BCUT2D eigenvalue weighted by Crippen LogP contribution is 2.22. The monoisotopic (exact) mass is 257 g/mol. The summed E-state index contributed by atoms with van der Waals surface area (Å²) in [5, 5.41) is 3.02. The second-order valence-corrected chi connectivity index (χ2v) is 5.03. The molecule has 18 heavy (non-hydrogen) atoms. The SMILES string of the molecule is CCC(C)NC(=O)CN(CC)C(CC)(CC)CN. The maximum atomic E-state index is 12.0. The van der Waals surface area contributed by atoms with Crippen molar-refractivity contribution in [3.05, 3.63) is 0 Å². The molecule has 0 aliphatic rings. The lowest BCUT2D eigenvalue weighted by atomic mass is 9.90. The zero-order valence-electron chi connectivity index (χ0n) is 12.8. The van der Waals surface area contributed by atoms with Gasteiger partial charge < -0.3 is 11.1 Å². The Morgan fingerprint density at radius 1 is 1.28 bits per heavy atom. The molecule has 108 valence electrons. The van der Waals surface area contributed by atoms with Crippen molar-refractivity contribution in [1.82, 2.24) is 10.2 Å². The predicted octanol–water partition coefficient (Wildman–Crippen LogP) is 1.74. The summed E-state index contributed by atoms with van der Waals surface area (Å²) in [6.07, 6.45) is 2.91. The van der Waals surface area contributed by atoms with E-state index >= 15 is 0 Å². The predicted molar refractivity (Wildman–Crippen MR) is 77.5 cm³/mol. The minimum atomic E-state index is -0.0401. The van der Waals surface area contributed by atoms with Gasteiger partial charge in [0, 0.05) is 18.1 Å². The first-order valence-corrected chi connectivity index (χ1v) is 7.24. The number of carbonyl (C=O) groups is 1. The number of rotatable bonds is 9. The second-order valence-electron chi connectivity index (χ2n) is 5.03. The van der Waals surface area contributed by atoms with Gasteiger partial charge in [0.2, 0.25) is 5.91 Å². The van der Waals surface area contributed by atoms with Crippen LogP contribution in [0.1, 0.15) is 53.9 Å². The minimum Gasteiger partial charge on any atom is -0.353 e. The van der Waals surface area contributed by atoms with Crippen molar-refractivity contribution in [1.29, 1.82) is 0 Å². The van der Waals surface area contributed by atoms with Crippen LogP contribution in [-0.4, -0.2) is 42.0 Å².